The molecule has 0 radical (unpaired) electrons. The van der Waals surface area contributed by atoms with E-state index in [2.05, 4.69) is 22.2 Å². The van der Waals surface area contributed by atoms with Gasteiger partial charge >= 0.3 is 0 Å². The zero-order chi connectivity index (χ0) is 29.3. The monoisotopic (exact) mass is 555 g/mol. The van der Waals surface area contributed by atoms with Gasteiger partial charge < -0.3 is 15.4 Å². The van der Waals surface area contributed by atoms with Gasteiger partial charge in [-0.2, -0.15) is 0 Å². The summed E-state index contributed by atoms with van der Waals surface area (Å²) in [5.41, 5.74) is 0.226. The molecule has 0 aliphatic rings. The van der Waals surface area contributed by atoms with Crippen LogP contribution in [0.2, 0.25) is 5.02 Å². The Kier molecular flexibility index (Phi) is 11.0. The number of nitrogens with one attached hydrogen (secondary N) is 2. The lowest BCUT2D eigenvalue weighted by Crippen LogP contribution is -2.25. The molecule has 0 bridgehead atoms. The van der Waals surface area contributed by atoms with Gasteiger partial charge in [-0.25, -0.2) is 14.1 Å². The van der Waals surface area contributed by atoms with Crippen molar-refractivity contribution in [2.75, 3.05) is 10.6 Å². The predicted molar refractivity (Wildman–Crippen MR) is 153 cm³/mol. The van der Waals surface area contributed by atoms with Gasteiger partial charge in [-0.15, -0.1) is 0 Å². The summed E-state index contributed by atoms with van der Waals surface area (Å²) in [6.07, 6.45) is 8.02. The first-order valence-electron chi connectivity index (χ1n) is 12.0. The quantitative estimate of drug-likeness (QED) is 0.316. The molecule has 2 heterocycles. The second-order valence-electron chi connectivity index (χ2n) is 7.79. The van der Waals surface area contributed by atoms with Crippen molar-refractivity contribution in [1.82, 2.24) is 14.3 Å². The third-order valence-corrected chi connectivity index (χ3v) is 5.57. The lowest BCUT2D eigenvalue weighted by atomic mass is 10.2. The Hall–Kier alpha value is -4.44. The Morgan fingerprint density at radius 3 is 2.51 bits per heavy atom. The number of halogens is 2. The van der Waals surface area contributed by atoms with Gasteiger partial charge in [-0.3, -0.25) is 19.1 Å². The van der Waals surface area contributed by atoms with Crippen LogP contribution in [0.4, 0.5) is 15.9 Å². The minimum atomic E-state index is -0.814. The molecule has 0 saturated carbocycles. The number of anilines is 2. The van der Waals surface area contributed by atoms with Crippen molar-refractivity contribution in [3.05, 3.63) is 93.8 Å². The van der Waals surface area contributed by atoms with Gasteiger partial charge in [0.25, 0.3) is 11.5 Å². The number of nitrogens with zero attached hydrogens (tertiary/aromatic N) is 3. The maximum Gasteiger partial charge on any atom is 0.284 e. The van der Waals surface area contributed by atoms with Gasteiger partial charge in [-0.1, -0.05) is 50.3 Å². The number of amides is 2. The van der Waals surface area contributed by atoms with Crippen LogP contribution in [0.15, 0.2) is 66.1 Å². The Morgan fingerprint density at radius 1 is 1.21 bits per heavy atom. The van der Waals surface area contributed by atoms with Crippen LogP contribution in [0.1, 0.15) is 43.7 Å². The SMILES string of the molecule is C=C/C=C\C(=C/C)n1c(=O)c(C(=O)Nc2cc(F)c(Oc3ccnc(NC(C)=O)c3)cc2Cl)c(C)n1C.CC. The third-order valence-electron chi connectivity index (χ3n) is 5.26. The molecule has 0 aliphatic carbocycles. The molecule has 206 valence electrons. The Bertz CT molecular complexity index is 1500. The van der Waals surface area contributed by atoms with Crippen molar-refractivity contribution in [3.63, 3.8) is 0 Å². The molecule has 2 aromatic heterocycles. The van der Waals surface area contributed by atoms with E-state index in [1.54, 1.807) is 49.9 Å². The Labute approximate surface area is 231 Å². The van der Waals surface area contributed by atoms with Gasteiger partial charge in [-0.05, 0) is 26.0 Å². The lowest BCUT2D eigenvalue weighted by Gasteiger charge is -2.12. The molecule has 0 spiro atoms. The molecule has 0 atom stereocenters. The number of hydrogen-bond donors (Lipinski definition) is 2. The van der Waals surface area contributed by atoms with E-state index >= 15 is 0 Å². The summed E-state index contributed by atoms with van der Waals surface area (Å²) in [5, 5.41) is 4.99. The molecule has 11 heteroatoms. The van der Waals surface area contributed by atoms with Crippen LogP contribution in [-0.2, 0) is 11.8 Å². The van der Waals surface area contributed by atoms with Crippen LogP contribution >= 0.6 is 11.6 Å². The topological polar surface area (TPSA) is 107 Å². The van der Waals surface area contributed by atoms with Gasteiger partial charge in [0.15, 0.2) is 11.6 Å². The largest absolute Gasteiger partial charge is 0.454 e. The molecule has 39 heavy (non-hydrogen) atoms. The third kappa shape index (κ3) is 7.32. The standard InChI is InChI=1S/C26H25ClFN5O4.C2H6/c1-6-8-9-17(7-2)33-26(36)24(15(3)32(33)5)25(35)31-21-14-20(28)22(13-19(21)27)37-18-10-11-29-23(12-18)30-16(4)34;1-2/h6-14H,1H2,2-5H3,(H,31,35)(H,29,30,34);1-2H3/b9-8-,17-7+;. The van der Waals surface area contributed by atoms with E-state index in [0.717, 1.165) is 6.07 Å². The van der Waals surface area contributed by atoms with E-state index in [0.29, 0.717) is 11.4 Å². The number of pyridine rings is 1. The van der Waals surface area contributed by atoms with Gasteiger partial charge in [0, 0.05) is 38.4 Å². The maximum absolute atomic E-state index is 14.9. The van der Waals surface area contributed by atoms with Crippen LogP contribution < -0.4 is 20.9 Å². The number of hydrogen-bond acceptors (Lipinski definition) is 5. The Balaban J connectivity index is 0.00000260. The van der Waals surface area contributed by atoms with Crippen molar-refractivity contribution in [2.45, 2.75) is 34.6 Å². The van der Waals surface area contributed by atoms with E-state index in [4.69, 9.17) is 16.3 Å². The number of aromatic nitrogens is 3. The highest BCUT2D eigenvalue weighted by atomic mass is 35.5. The van der Waals surface area contributed by atoms with Gasteiger partial charge in [0.1, 0.15) is 17.1 Å². The van der Waals surface area contributed by atoms with Crippen LogP contribution in [0.25, 0.3) is 5.70 Å². The van der Waals surface area contributed by atoms with E-state index in [9.17, 15) is 18.8 Å². The molecule has 3 aromatic rings. The summed E-state index contributed by atoms with van der Waals surface area (Å²) in [5.74, 6) is -1.67. The average molecular weight is 556 g/mol. The summed E-state index contributed by atoms with van der Waals surface area (Å²) in [7, 11) is 1.65. The first-order chi connectivity index (χ1) is 18.6. The van der Waals surface area contributed by atoms with Gasteiger partial charge in [0.05, 0.1) is 22.1 Å². The minimum absolute atomic E-state index is 0.0159. The number of benzene rings is 1. The lowest BCUT2D eigenvalue weighted by molar-refractivity contribution is -0.114. The highest BCUT2D eigenvalue weighted by Crippen LogP contribution is 2.33. The fraction of sp³-hybridized carbons (Fsp3) is 0.214. The average Bonchev–Trinajstić information content (AvgIpc) is 3.11. The van der Waals surface area contributed by atoms with Crippen LogP contribution in [0.3, 0.4) is 0 Å². The smallest absolute Gasteiger partial charge is 0.284 e. The van der Waals surface area contributed by atoms with Crippen molar-refractivity contribution < 1.29 is 18.7 Å². The molecule has 2 amide bonds. The van der Waals surface area contributed by atoms with E-state index in [1.807, 2.05) is 13.8 Å². The zero-order valence-corrected chi connectivity index (χ0v) is 23.4. The second-order valence-corrected chi connectivity index (χ2v) is 8.19. The van der Waals surface area contributed by atoms with Crippen molar-refractivity contribution in [2.24, 2.45) is 7.05 Å². The van der Waals surface area contributed by atoms with E-state index in [1.165, 1.54) is 36.0 Å². The number of carbonyl (C=O) groups excluding carboxylic acids is 2. The molecule has 3 rings (SSSR count). The molecule has 0 saturated heterocycles. The zero-order valence-electron chi connectivity index (χ0n) is 22.6. The van der Waals surface area contributed by atoms with Crippen molar-refractivity contribution >= 4 is 40.6 Å². The minimum Gasteiger partial charge on any atom is -0.454 e. The van der Waals surface area contributed by atoms with E-state index < -0.39 is 17.3 Å². The highest BCUT2D eigenvalue weighted by molar-refractivity contribution is 6.34. The van der Waals surface area contributed by atoms with Crippen LogP contribution in [-0.4, -0.2) is 26.2 Å². The molecule has 9 nitrogen and oxygen atoms in total. The summed E-state index contributed by atoms with van der Waals surface area (Å²) in [4.78, 5) is 41.4. The number of allylic oxidation sites excluding steroid dienone is 5. The summed E-state index contributed by atoms with van der Waals surface area (Å²) < 4.78 is 23.3. The van der Waals surface area contributed by atoms with E-state index in [-0.39, 0.29) is 39.5 Å². The highest BCUT2D eigenvalue weighted by Gasteiger charge is 2.23. The van der Waals surface area contributed by atoms with Crippen LogP contribution in [0.5, 0.6) is 11.5 Å². The molecular weight excluding hydrogens is 525 g/mol. The number of ether oxygens (including phenoxy) is 1. The molecule has 1 aromatic carbocycles. The van der Waals surface area contributed by atoms with Crippen molar-refractivity contribution in [1.29, 1.82) is 0 Å². The molecular formula is C28H31ClFN5O4. The molecule has 2 N–H and O–H groups in total. The molecule has 0 fully saturated rings. The Morgan fingerprint density at radius 2 is 1.90 bits per heavy atom. The summed E-state index contributed by atoms with van der Waals surface area (Å²) in [6, 6.07) is 5.07. The summed E-state index contributed by atoms with van der Waals surface area (Å²) in [6.45, 7) is 12.3. The number of carbonyl (C=O) groups is 2. The van der Waals surface area contributed by atoms with Gasteiger partial charge in [0.2, 0.25) is 5.91 Å². The predicted octanol–water partition coefficient (Wildman–Crippen LogP) is 6.31. The first-order valence-corrected chi connectivity index (χ1v) is 12.4. The first kappa shape index (κ1) is 30.8. The number of rotatable bonds is 8. The molecule has 0 unspecified atom stereocenters. The van der Waals surface area contributed by atoms with Crippen LogP contribution in [0, 0.1) is 12.7 Å². The second kappa shape index (κ2) is 13.9. The fourth-order valence-electron chi connectivity index (χ4n) is 3.45. The fourth-order valence-corrected chi connectivity index (χ4v) is 3.65. The maximum atomic E-state index is 14.9. The normalized spacial score (nSPS) is 11.0. The van der Waals surface area contributed by atoms with Crippen molar-refractivity contribution in [3.8, 4) is 11.5 Å². The summed E-state index contributed by atoms with van der Waals surface area (Å²) >= 11 is 6.30. The molecule has 0 aliphatic heterocycles.